The second kappa shape index (κ2) is 10.1. The van der Waals surface area contributed by atoms with Gasteiger partial charge in [-0.3, -0.25) is 9.36 Å². The highest BCUT2D eigenvalue weighted by Gasteiger charge is 2.27. The van der Waals surface area contributed by atoms with Crippen LogP contribution in [-0.2, 0) is 6.54 Å². The van der Waals surface area contributed by atoms with Crippen molar-refractivity contribution < 1.29 is 4.79 Å². The van der Waals surface area contributed by atoms with Crippen molar-refractivity contribution in [1.29, 1.82) is 0 Å². The molecule has 0 aliphatic carbocycles. The average molecular weight is 496 g/mol. The Hall–Kier alpha value is -2.28. The molecule has 1 heterocycles. The number of carbonyl (C=O) groups is 1. The SMILES string of the molecule is CCn1c(C(C)N(CC(C)C)C(=O)Nc2cccc(Cl)c2Cl)nc2ccc(Cl)cc2c1=O. The summed E-state index contributed by atoms with van der Waals surface area (Å²) in [7, 11) is 0. The Labute approximate surface area is 202 Å². The van der Waals surface area contributed by atoms with Gasteiger partial charge in [0, 0.05) is 18.1 Å². The van der Waals surface area contributed by atoms with Crippen molar-refractivity contribution in [3.63, 3.8) is 0 Å². The minimum atomic E-state index is -0.483. The fraction of sp³-hybridized carbons (Fsp3) is 0.348. The Balaban J connectivity index is 2.05. The number of nitrogens with one attached hydrogen (secondary N) is 1. The lowest BCUT2D eigenvalue weighted by atomic mass is 10.1. The molecule has 0 radical (unpaired) electrons. The lowest BCUT2D eigenvalue weighted by molar-refractivity contribution is 0.178. The van der Waals surface area contributed by atoms with Gasteiger partial charge >= 0.3 is 6.03 Å². The molecule has 1 atom stereocenters. The van der Waals surface area contributed by atoms with Crippen LogP contribution in [0.2, 0.25) is 15.1 Å². The van der Waals surface area contributed by atoms with Gasteiger partial charge in [0.2, 0.25) is 0 Å². The van der Waals surface area contributed by atoms with Gasteiger partial charge in [-0.05, 0) is 50.1 Å². The van der Waals surface area contributed by atoms with Crippen LogP contribution in [0.4, 0.5) is 10.5 Å². The van der Waals surface area contributed by atoms with Gasteiger partial charge in [-0.2, -0.15) is 0 Å². The van der Waals surface area contributed by atoms with Crippen molar-refractivity contribution in [2.24, 2.45) is 5.92 Å². The third kappa shape index (κ3) is 5.03. The van der Waals surface area contributed by atoms with E-state index in [0.29, 0.717) is 45.5 Å². The summed E-state index contributed by atoms with van der Waals surface area (Å²) >= 11 is 18.4. The first kappa shape index (κ1) is 24.4. The summed E-state index contributed by atoms with van der Waals surface area (Å²) in [6.45, 7) is 8.62. The number of nitrogens with zero attached hydrogens (tertiary/aromatic N) is 3. The number of hydrogen-bond acceptors (Lipinski definition) is 3. The lowest BCUT2D eigenvalue weighted by Gasteiger charge is -2.32. The van der Waals surface area contributed by atoms with Crippen LogP contribution in [-0.4, -0.2) is 27.0 Å². The zero-order chi connectivity index (χ0) is 23.6. The third-order valence-electron chi connectivity index (χ3n) is 5.12. The van der Waals surface area contributed by atoms with Crippen LogP contribution in [0.15, 0.2) is 41.2 Å². The number of hydrogen-bond donors (Lipinski definition) is 1. The number of benzene rings is 2. The maximum atomic E-state index is 13.3. The Morgan fingerprint density at radius 2 is 1.88 bits per heavy atom. The summed E-state index contributed by atoms with van der Waals surface area (Å²) in [4.78, 5) is 32.8. The van der Waals surface area contributed by atoms with E-state index in [1.165, 1.54) is 0 Å². The molecule has 0 spiro atoms. The van der Waals surface area contributed by atoms with Gasteiger partial charge < -0.3 is 10.2 Å². The molecule has 0 saturated heterocycles. The van der Waals surface area contributed by atoms with Crippen LogP contribution in [0.1, 0.15) is 39.6 Å². The quantitative estimate of drug-likeness (QED) is 0.417. The molecule has 0 bridgehead atoms. The van der Waals surface area contributed by atoms with E-state index in [0.717, 1.165) is 0 Å². The maximum Gasteiger partial charge on any atom is 0.322 e. The van der Waals surface area contributed by atoms with Gasteiger partial charge in [-0.1, -0.05) is 54.7 Å². The fourth-order valence-corrected chi connectivity index (χ4v) is 4.09. The van der Waals surface area contributed by atoms with Crippen molar-refractivity contribution in [2.45, 2.75) is 40.3 Å². The Bertz CT molecular complexity index is 1210. The van der Waals surface area contributed by atoms with Crippen LogP contribution >= 0.6 is 34.8 Å². The highest BCUT2D eigenvalue weighted by atomic mass is 35.5. The molecule has 0 fully saturated rings. The number of anilines is 1. The summed E-state index contributed by atoms with van der Waals surface area (Å²) in [5, 5.41) is 4.38. The van der Waals surface area contributed by atoms with Crippen LogP contribution in [0.25, 0.3) is 10.9 Å². The molecule has 32 heavy (non-hydrogen) atoms. The van der Waals surface area contributed by atoms with Crippen LogP contribution in [0.5, 0.6) is 0 Å². The van der Waals surface area contributed by atoms with Crippen LogP contribution < -0.4 is 10.9 Å². The molecule has 170 valence electrons. The standard InChI is InChI=1S/C23H25Cl3N4O2/c1-5-29-21(27-18-10-9-15(24)11-16(18)22(29)31)14(4)30(12-13(2)3)23(32)28-19-8-6-7-17(25)20(19)26/h6-11,13-14H,5,12H2,1-4H3,(H,28,32). The van der Waals surface area contributed by atoms with Gasteiger partial charge in [-0.25, -0.2) is 9.78 Å². The van der Waals surface area contributed by atoms with Gasteiger partial charge in [-0.15, -0.1) is 0 Å². The zero-order valence-corrected chi connectivity index (χ0v) is 20.6. The second-order valence-electron chi connectivity index (χ2n) is 7.93. The molecule has 0 aliphatic rings. The van der Waals surface area contributed by atoms with Crippen molar-refractivity contribution in [3.05, 3.63) is 67.6 Å². The van der Waals surface area contributed by atoms with E-state index in [2.05, 4.69) is 5.32 Å². The number of fused-ring (bicyclic) bond motifs is 1. The molecule has 9 heteroatoms. The number of rotatable bonds is 6. The number of halogens is 3. The fourth-order valence-electron chi connectivity index (χ4n) is 3.57. The molecule has 2 aromatic carbocycles. The highest BCUT2D eigenvalue weighted by Crippen LogP contribution is 2.31. The zero-order valence-electron chi connectivity index (χ0n) is 18.3. The van der Waals surface area contributed by atoms with E-state index in [4.69, 9.17) is 39.8 Å². The molecular weight excluding hydrogens is 471 g/mol. The topological polar surface area (TPSA) is 67.2 Å². The first-order chi connectivity index (χ1) is 15.1. The second-order valence-corrected chi connectivity index (χ2v) is 9.16. The van der Waals surface area contributed by atoms with E-state index < -0.39 is 6.04 Å². The number of aromatic nitrogens is 2. The molecule has 3 rings (SSSR count). The number of amides is 2. The van der Waals surface area contributed by atoms with E-state index in [1.807, 2.05) is 27.7 Å². The summed E-state index contributed by atoms with van der Waals surface area (Å²) in [5.41, 5.74) is 0.762. The van der Waals surface area contributed by atoms with Gasteiger partial charge in [0.05, 0.1) is 32.7 Å². The first-order valence-corrected chi connectivity index (χ1v) is 11.5. The van der Waals surface area contributed by atoms with Gasteiger partial charge in [0.1, 0.15) is 5.82 Å². The average Bonchev–Trinajstić information content (AvgIpc) is 2.75. The predicted octanol–water partition coefficient (Wildman–Crippen LogP) is 6.63. The molecule has 3 aromatic rings. The van der Waals surface area contributed by atoms with Crippen molar-refractivity contribution in [2.75, 3.05) is 11.9 Å². The van der Waals surface area contributed by atoms with Gasteiger partial charge in [0.15, 0.2) is 0 Å². The highest BCUT2D eigenvalue weighted by molar-refractivity contribution is 6.44. The van der Waals surface area contributed by atoms with Crippen molar-refractivity contribution in [1.82, 2.24) is 14.5 Å². The molecular formula is C23H25Cl3N4O2. The first-order valence-electron chi connectivity index (χ1n) is 10.4. The lowest BCUT2D eigenvalue weighted by Crippen LogP contribution is -2.42. The third-order valence-corrected chi connectivity index (χ3v) is 6.17. The van der Waals surface area contributed by atoms with E-state index in [9.17, 15) is 9.59 Å². The number of urea groups is 1. The summed E-state index contributed by atoms with van der Waals surface area (Å²) in [6, 6.07) is 9.24. The molecule has 1 unspecified atom stereocenters. The largest absolute Gasteiger partial charge is 0.322 e. The Kier molecular flexibility index (Phi) is 7.70. The predicted molar refractivity (Wildman–Crippen MR) is 132 cm³/mol. The normalized spacial score (nSPS) is 12.2. The number of carbonyl (C=O) groups excluding carboxylic acids is 1. The van der Waals surface area contributed by atoms with Crippen LogP contribution in [0, 0.1) is 5.92 Å². The van der Waals surface area contributed by atoms with Crippen molar-refractivity contribution >= 4 is 57.4 Å². The van der Waals surface area contributed by atoms with E-state index >= 15 is 0 Å². The van der Waals surface area contributed by atoms with Crippen molar-refractivity contribution in [3.8, 4) is 0 Å². The summed E-state index contributed by atoms with van der Waals surface area (Å²) < 4.78 is 1.58. The minimum Gasteiger partial charge on any atom is -0.314 e. The summed E-state index contributed by atoms with van der Waals surface area (Å²) in [5.74, 6) is 0.680. The molecule has 0 saturated carbocycles. The van der Waals surface area contributed by atoms with E-state index in [-0.39, 0.29) is 22.5 Å². The molecule has 1 N–H and O–H groups in total. The smallest absolute Gasteiger partial charge is 0.314 e. The molecule has 6 nitrogen and oxygen atoms in total. The molecule has 0 aliphatic heterocycles. The summed E-state index contributed by atoms with van der Waals surface area (Å²) in [6.07, 6.45) is 0. The Morgan fingerprint density at radius 3 is 2.53 bits per heavy atom. The Morgan fingerprint density at radius 1 is 1.16 bits per heavy atom. The van der Waals surface area contributed by atoms with Crippen LogP contribution in [0.3, 0.4) is 0 Å². The monoisotopic (exact) mass is 494 g/mol. The molecule has 2 amide bonds. The minimum absolute atomic E-state index is 0.180. The maximum absolute atomic E-state index is 13.3. The van der Waals surface area contributed by atoms with E-state index in [1.54, 1.807) is 45.9 Å². The molecule has 1 aromatic heterocycles. The van der Waals surface area contributed by atoms with Gasteiger partial charge in [0.25, 0.3) is 5.56 Å².